The summed E-state index contributed by atoms with van der Waals surface area (Å²) in [4.78, 5) is 16.7. The summed E-state index contributed by atoms with van der Waals surface area (Å²) in [5.41, 5.74) is 2.70. The first-order valence-corrected chi connectivity index (χ1v) is 9.17. The van der Waals surface area contributed by atoms with Crippen LogP contribution >= 0.6 is 0 Å². The molecule has 29 heavy (non-hydrogen) atoms. The first-order chi connectivity index (χ1) is 14.1. The maximum Gasteiger partial charge on any atom is 0.272 e. The van der Waals surface area contributed by atoms with Crippen LogP contribution in [0.3, 0.4) is 0 Å². The summed E-state index contributed by atoms with van der Waals surface area (Å²) in [6.45, 7) is 0. The third-order valence-electron chi connectivity index (χ3n) is 5.40. The standard InChI is InChI=1S/C20H18FN7O/c1-22-12-5-3-10(4-6-12)17-16(19-23-9-24-28(19)2)18-15-13(20(29)27-26-18)7-11(21)8-14(15)25-17/h3-9,16-17,22,25H,1-2H3,(H,27,29)/t16-,17-/m1/s1. The third kappa shape index (κ3) is 2.65. The van der Waals surface area contributed by atoms with Crippen molar-refractivity contribution in [2.45, 2.75) is 12.0 Å². The summed E-state index contributed by atoms with van der Waals surface area (Å²) in [5.74, 6) is -0.125. The van der Waals surface area contributed by atoms with Crippen LogP contribution in [-0.2, 0) is 7.05 Å². The van der Waals surface area contributed by atoms with Gasteiger partial charge in [-0.15, -0.1) is 0 Å². The van der Waals surface area contributed by atoms with Gasteiger partial charge in [-0.3, -0.25) is 9.48 Å². The molecule has 0 aliphatic carbocycles. The largest absolute Gasteiger partial charge is 0.388 e. The summed E-state index contributed by atoms with van der Waals surface area (Å²) < 4.78 is 15.9. The number of hydrogen-bond donors (Lipinski definition) is 3. The fourth-order valence-electron chi connectivity index (χ4n) is 4.03. The zero-order valence-corrected chi connectivity index (χ0v) is 15.8. The molecular formula is C20H18FN7O. The van der Waals surface area contributed by atoms with Crippen molar-refractivity contribution >= 4 is 22.1 Å². The SMILES string of the molecule is CNc1ccc([C@H]2Nc3cc(F)cc4c(=O)[nH]nc(c34)[C@@H]2c2ncnn2C)cc1. The van der Waals surface area contributed by atoms with E-state index < -0.39 is 11.4 Å². The van der Waals surface area contributed by atoms with Crippen molar-refractivity contribution in [3.63, 3.8) is 0 Å². The van der Waals surface area contributed by atoms with Crippen LogP contribution < -0.4 is 16.2 Å². The Morgan fingerprint density at radius 1 is 1.21 bits per heavy atom. The maximum atomic E-state index is 14.2. The summed E-state index contributed by atoms with van der Waals surface area (Å²) in [6, 6.07) is 10.3. The molecule has 3 N–H and O–H groups in total. The Bertz CT molecular complexity index is 1280. The number of aromatic nitrogens is 5. The van der Waals surface area contributed by atoms with E-state index in [9.17, 15) is 9.18 Å². The molecule has 0 radical (unpaired) electrons. The molecule has 0 saturated heterocycles. The molecule has 4 aromatic rings. The maximum absolute atomic E-state index is 14.2. The van der Waals surface area contributed by atoms with Crippen LogP contribution in [0.2, 0.25) is 0 Å². The number of hydrogen-bond acceptors (Lipinski definition) is 6. The van der Waals surface area contributed by atoms with Crippen molar-refractivity contribution in [1.82, 2.24) is 25.0 Å². The van der Waals surface area contributed by atoms with Crippen molar-refractivity contribution in [2.75, 3.05) is 17.7 Å². The van der Waals surface area contributed by atoms with Gasteiger partial charge in [-0.1, -0.05) is 12.1 Å². The monoisotopic (exact) mass is 391 g/mol. The second-order valence-corrected chi connectivity index (χ2v) is 7.03. The van der Waals surface area contributed by atoms with E-state index in [-0.39, 0.29) is 17.3 Å². The van der Waals surface area contributed by atoms with Crippen LogP contribution in [0, 0.1) is 5.82 Å². The molecule has 0 unspecified atom stereocenters. The highest BCUT2D eigenvalue weighted by Crippen LogP contribution is 2.45. The van der Waals surface area contributed by atoms with Crippen LogP contribution in [-0.4, -0.2) is 32.0 Å². The number of aryl methyl sites for hydroxylation is 1. The molecule has 146 valence electrons. The van der Waals surface area contributed by atoms with Crippen molar-refractivity contribution < 1.29 is 4.39 Å². The molecular weight excluding hydrogens is 373 g/mol. The molecule has 0 spiro atoms. The molecule has 5 rings (SSSR count). The molecule has 3 heterocycles. The van der Waals surface area contributed by atoms with Crippen LogP contribution in [0.15, 0.2) is 47.5 Å². The Balaban J connectivity index is 1.79. The van der Waals surface area contributed by atoms with E-state index in [1.54, 1.807) is 4.68 Å². The smallest absolute Gasteiger partial charge is 0.272 e. The lowest BCUT2D eigenvalue weighted by Gasteiger charge is -2.33. The molecule has 2 aromatic carbocycles. The van der Waals surface area contributed by atoms with Gasteiger partial charge in [-0.2, -0.15) is 10.2 Å². The highest BCUT2D eigenvalue weighted by Gasteiger charge is 2.37. The van der Waals surface area contributed by atoms with Crippen molar-refractivity contribution in [3.05, 3.63) is 76.0 Å². The van der Waals surface area contributed by atoms with E-state index in [0.717, 1.165) is 11.3 Å². The van der Waals surface area contributed by atoms with E-state index in [1.165, 1.54) is 18.5 Å². The Labute approximate surface area is 164 Å². The third-order valence-corrected chi connectivity index (χ3v) is 5.40. The van der Waals surface area contributed by atoms with Gasteiger partial charge < -0.3 is 10.6 Å². The summed E-state index contributed by atoms with van der Waals surface area (Å²) in [5, 5.41) is 18.5. The van der Waals surface area contributed by atoms with Gasteiger partial charge in [0.05, 0.1) is 23.0 Å². The molecule has 2 atom stereocenters. The molecule has 1 aliphatic rings. The van der Waals surface area contributed by atoms with Crippen LogP contribution in [0.4, 0.5) is 15.8 Å². The normalized spacial score (nSPS) is 17.9. The van der Waals surface area contributed by atoms with Crippen LogP contribution in [0.25, 0.3) is 10.8 Å². The first kappa shape index (κ1) is 17.4. The number of nitrogens with one attached hydrogen (secondary N) is 3. The van der Waals surface area contributed by atoms with Gasteiger partial charge in [-0.25, -0.2) is 14.5 Å². The number of nitrogens with zero attached hydrogens (tertiary/aromatic N) is 4. The van der Waals surface area contributed by atoms with Crippen molar-refractivity contribution in [3.8, 4) is 0 Å². The second kappa shape index (κ2) is 6.40. The first-order valence-electron chi connectivity index (χ1n) is 9.17. The summed E-state index contributed by atoms with van der Waals surface area (Å²) in [6.07, 6.45) is 1.49. The second-order valence-electron chi connectivity index (χ2n) is 7.03. The molecule has 2 aromatic heterocycles. The minimum absolute atomic E-state index is 0.258. The highest BCUT2D eigenvalue weighted by molar-refractivity contribution is 5.97. The van der Waals surface area contributed by atoms with Crippen LogP contribution in [0.1, 0.15) is 29.0 Å². The highest BCUT2D eigenvalue weighted by atomic mass is 19.1. The number of halogens is 1. The average Bonchev–Trinajstić information content (AvgIpc) is 3.15. The molecule has 0 amide bonds. The van der Waals surface area contributed by atoms with Gasteiger partial charge in [0.1, 0.15) is 18.0 Å². The van der Waals surface area contributed by atoms with Gasteiger partial charge in [0.25, 0.3) is 5.56 Å². The number of aromatic amines is 1. The molecule has 9 heteroatoms. The number of rotatable bonds is 3. The predicted molar refractivity (Wildman–Crippen MR) is 108 cm³/mol. The Morgan fingerprint density at radius 3 is 2.69 bits per heavy atom. The van der Waals surface area contributed by atoms with Crippen molar-refractivity contribution in [2.24, 2.45) is 7.05 Å². The van der Waals surface area contributed by atoms with E-state index in [4.69, 9.17) is 0 Å². The Hall–Kier alpha value is -3.75. The molecule has 0 saturated carbocycles. The van der Waals surface area contributed by atoms with Crippen molar-refractivity contribution in [1.29, 1.82) is 0 Å². The summed E-state index contributed by atoms with van der Waals surface area (Å²) in [7, 11) is 3.67. The Morgan fingerprint density at radius 2 is 2.00 bits per heavy atom. The van der Waals surface area contributed by atoms with Gasteiger partial charge in [0, 0.05) is 30.9 Å². The lowest BCUT2D eigenvalue weighted by Crippen LogP contribution is -2.30. The molecule has 8 nitrogen and oxygen atoms in total. The zero-order chi connectivity index (χ0) is 20.1. The predicted octanol–water partition coefficient (Wildman–Crippen LogP) is 2.53. The lowest BCUT2D eigenvalue weighted by atomic mass is 9.83. The number of benzene rings is 2. The van der Waals surface area contributed by atoms with E-state index >= 15 is 0 Å². The quantitative estimate of drug-likeness (QED) is 0.496. The molecule has 0 bridgehead atoms. The fourth-order valence-corrected chi connectivity index (χ4v) is 4.03. The summed E-state index contributed by atoms with van der Waals surface area (Å²) >= 11 is 0. The lowest BCUT2D eigenvalue weighted by molar-refractivity contribution is 0.564. The Kier molecular flexibility index (Phi) is 3.83. The fraction of sp³-hybridized carbons (Fsp3) is 0.200. The van der Waals surface area contributed by atoms with Gasteiger partial charge in [0.2, 0.25) is 0 Å². The van der Waals surface area contributed by atoms with E-state index in [0.29, 0.717) is 22.6 Å². The topological polar surface area (TPSA) is 101 Å². The molecule has 1 aliphatic heterocycles. The van der Waals surface area contributed by atoms with E-state index in [2.05, 4.69) is 30.9 Å². The average molecular weight is 391 g/mol. The van der Waals surface area contributed by atoms with Gasteiger partial charge >= 0.3 is 0 Å². The van der Waals surface area contributed by atoms with Gasteiger partial charge in [-0.05, 0) is 29.8 Å². The molecule has 0 fully saturated rings. The minimum Gasteiger partial charge on any atom is -0.388 e. The zero-order valence-electron chi connectivity index (χ0n) is 15.8. The number of anilines is 2. The minimum atomic E-state index is -0.482. The van der Waals surface area contributed by atoms with Gasteiger partial charge in [0.15, 0.2) is 0 Å². The van der Waals surface area contributed by atoms with E-state index in [1.807, 2.05) is 38.4 Å². The number of H-pyrrole nitrogens is 1. The van der Waals surface area contributed by atoms with Crippen LogP contribution in [0.5, 0.6) is 0 Å².